The van der Waals surface area contributed by atoms with E-state index in [0.29, 0.717) is 30.9 Å². The standard InChI is InChI=1S/C18H21N5O4S2/c24-16-5-3-12-10-13(2-4-14(12)20-16)15-11-28-18(21-15)22-17(25)19-6-8-23-7-1-9-29(23,26)27/h2,4,10-11H,1,3,5-9H2,(H,20,24)(H2,19,21,22,25). The van der Waals surface area contributed by atoms with Crippen LogP contribution in [0.25, 0.3) is 11.3 Å². The summed E-state index contributed by atoms with van der Waals surface area (Å²) in [6.07, 6.45) is 1.80. The highest BCUT2D eigenvalue weighted by molar-refractivity contribution is 7.89. The molecule has 3 N–H and O–H groups in total. The van der Waals surface area contributed by atoms with Crippen LogP contribution in [0.5, 0.6) is 0 Å². The van der Waals surface area contributed by atoms with Crippen molar-refractivity contribution in [2.75, 3.05) is 36.0 Å². The van der Waals surface area contributed by atoms with Gasteiger partial charge in [-0.1, -0.05) is 6.07 Å². The van der Waals surface area contributed by atoms with Crippen molar-refractivity contribution in [1.29, 1.82) is 0 Å². The lowest BCUT2D eigenvalue weighted by atomic mass is 9.99. The van der Waals surface area contributed by atoms with Crippen LogP contribution in [0, 0.1) is 0 Å². The number of amides is 3. The number of nitrogens with zero attached hydrogens (tertiary/aromatic N) is 2. The Morgan fingerprint density at radius 3 is 2.97 bits per heavy atom. The van der Waals surface area contributed by atoms with Crippen LogP contribution in [0.15, 0.2) is 23.6 Å². The van der Waals surface area contributed by atoms with Crippen LogP contribution >= 0.6 is 11.3 Å². The number of hydrogen-bond acceptors (Lipinski definition) is 6. The molecular weight excluding hydrogens is 414 g/mol. The third kappa shape index (κ3) is 4.57. The number of urea groups is 1. The van der Waals surface area contributed by atoms with Crippen LogP contribution in [0.3, 0.4) is 0 Å². The lowest BCUT2D eigenvalue weighted by molar-refractivity contribution is -0.116. The molecule has 0 spiro atoms. The zero-order chi connectivity index (χ0) is 20.4. The molecule has 4 rings (SSSR count). The number of carbonyl (C=O) groups excluding carboxylic acids is 2. The van der Waals surface area contributed by atoms with Gasteiger partial charge in [0.15, 0.2) is 5.13 Å². The maximum atomic E-state index is 12.1. The predicted molar refractivity (Wildman–Crippen MR) is 111 cm³/mol. The molecule has 1 aromatic heterocycles. The first-order chi connectivity index (χ1) is 13.9. The van der Waals surface area contributed by atoms with E-state index in [4.69, 9.17) is 0 Å². The number of aryl methyl sites for hydroxylation is 1. The van der Waals surface area contributed by atoms with E-state index in [1.54, 1.807) is 0 Å². The summed E-state index contributed by atoms with van der Waals surface area (Å²) < 4.78 is 24.9. The van der Waals surface area contributed by atoms with Gasteiger partial charge in [-0.25, -0.2) is 22.5 Å². The molecule has 0 aliphatic carbocycles. The Kier molecular flexibility index (Phi) is 5.52. The summed E-state index contributed by atoms with van der Waals surface area (Å²) in [4.78, 5) is 28.0. The molecule has 0 atom stereocenters. The van der Waals surface area contributed by atoms with Crippen molar-refractivity contribution in [2.45, 2.75) is 19.3 Å². The van der Waals surface area contributed by atoms with Crippen molar-refractivity contribution < 1.29 is 18.0 Å². The van der Waals surface area contributed by atoms with Gasteiger partial charge in [-0.15, -0.1) is 11.3 Å². The van der Waals surface area contributed by atoms with Gasteiger partial charge in [0.05, 0.1) is 11.4 Å². The number of anilines is 2. The summed E-state index contributed by atoms with van der Waals surface area (Å²) in [7, 11) is -3.15. The molecule has 2 aliphatic heterocycles. The van der Waals surface area contributed by atoms with E-state index in [2.05, 4.69) is 20.9 Å². The van der Waals surface area contributed by atoms with E-state index in [1.165, 1.54) is 15.6 Å². The van der Waals surface area contributed by atoms with Crippen molar-refractivity contribution in [1.82, 2.24) is 14.6 Å². The van der Waals surface area contributed by atoms with E-state index in [1.807, 2.05) is 23.6 Å². The first-order valence-corrected chi connectivity index (χ1v) is 11.8. The maximum absolute atomic E-state index is 12.1. The molecule has 11 heteroatoms. The average Bonchev–Trinajstić information content (AvgIpc) is 3.27. The summed E-state index contributed by atoms with van der Waals surface area (Å²) in [5, 5.41) is 10.5. The number of thiazole rings is 1. The summed E-state index contributed by atoms with van der Waals surface area (Å²) >= 11 is 1.31. The van der Waals surface area contributed by atoms with Crippen molar-refractivity contribution in [3.05, 3.63) is 29.1 Å². The Balaban J connectivity index is 1.32. The quantitative estimate of drug-likeness (QED) is 0.662. The van der Waals surface area contributed by atoms with Crippen LogP contribution in [-0.4, -0.2) is 55.0 Å². The smallest absolute Gasteiger partial charge is 0.321 e. The molecular formula is C18H21N5O4S2. The van der Waals surface area contributed by atoms with Crippen molar-refractivity contribution in [3.8, 4) is 11.3 Å². The fourth-order valence-electron chi connectivity index (χ4n) is 3.38. The molecule has 1 saturated heterocycles. The second-order valence-electron chi connectivity index (χ2n) is 6.91. The Morgan fingerprint density at radius 1 is 1.31 bits per heavy atom. The third-order valence-electron chi connectivity index (χ3n) is 4.87. The molecule has 3 heterocycles. The molecule has 3 amide bonds. The Hall–Kier alpha value is -2.50. The minimum atomic E-state index is -3.15. The van der Waals surface area contributed by atoms with Gasteiger partial charge in [-0.05, 0) is 30.5 Å². The van der Waals surface area contributed by atoms with E-state index in [0.717, 1.165) is 22.5 Å². The maximum Gasteiger partial charge on any atom is 0.321 e. The number of fused-ring (bicyclic) bond motifs is 1. The van der Waals surface area contributed by atoms with Crippen LogP contribution < -0.4 is 16.0 Å². The molecule has 0 saturated carbocycles. The zero-order valence-corrected chi connectivity index (χ0v) is 17.2. The van der Waals surface area contributed by atoms with Gasteiger partial charge in [-0.2, -0.15) is 0 Å². The lowest BCUT2D eigenvalue weighted by Crippen LogP contribution is -2.37. The van der Waals surface area contributed by atoms with E-state index in [-0.39, 0.29) is 24.7 Å². The third-order valence-corrected chi connectivity index (χ3v) is 7.59. The molecule has 0 unspecified atom stereocenters. The van der Waals surface area contributed by atoms with Gasteiger partial charge < -0.3 is 10.6 Å². The molecule has 1 aromatic carbocycles. The monoisotopic (exact) mass is 435 g/mol. The minimum Gasteiger partial charge on any atom is -0.336 e. The SMILES string of the molecule is O=C1CCc2cc(-c3csc(NC(=O)NCCN4CCCS4(=O)=O)n3)ccc2N1. The van der Waals surface area contributed by atoms with Crippen molar-refractivity contribution >= 4 is 44.1 Å². The van der Waals surface area contributed by atoms with Crippen LogP contribution in [0.4, 0.5) is 15.6 Å². The second-order valence-corrected chi connectivity index (χ2v) is 9.85. The summed E-state index contributed by atoms with van der Waals surface area (Å²) in [5.74, 6) is 0.203. The minimum absolute atomic E-state index is 0.0266. The molecule has 0 bridgehead atoms. The number of rotatable bonds is 5. The van der Waals surface area contributed by atoms with Gasteiger partial charge in [0.25, 0.3) is 0 Å². The predicted octanol–water partition coefficient (Wildman–Crippen LogP) is 1.85. The number of benzene rings is 1. The first kappa shape index (κ1) is 19.8. The number of hydrogen-bond donors (Lipinski definition) is 3. The molecule has 154 valence electrons. The second kappa shape index (κ2) is 8.09. The van der Waals surface area contributed by atoms with Crippen LogP contribution in [0.1, 0.15) is 18.4 Å². The van der Waals surface area contributed by atoms with Gasteiger partial charge in [0.2, 0.25) is 15.9 Å². The normalized spacial score (nSPS) is 18.1. The van der Waals surface area contributed by atoms with Crippen LogP contribution in [-0.2, 0) is 21.2 Å². The molecule has 0 radical (unpaired) electrons. The molecule has 2 aromatic rings. The molecule has 29 heavy (non-hydrogen) atoms. The largest absolute Gasteiger partial charge is 0.336 e. The van der Waals surface area contributed by atoms with E-state index >= 15 is 0 Å². The van der Waals surface area contributed by atoms with Crippen molar-refractivity contribution in [3.63, 3.8) is 0 Å². The van der Waals surface area contributed by atoms with Crippen LogP contribution in [0.2, 0.25) is 0 Å². The topological polar surface area (TPSA) is 121 Å². The van der Waals surface area contributed by atoms with Gasteiger partial charge in [0, 0.05) is 42.7 Å². The van der Waals surface area contributed by atoms with E-state index < -0.39 is 16.1 Å². The van der Waals surface area contributed by atoms with Crippen molar-refractivity contribution in [2.24, 2.45) is 0 Å². The summed E-state index contributed by atoms with van der Waals surface area (Å²) in [5.41, 5.74) is 3.56. The summed E-state index contributed by atoms with van der Waals surface area (Å²) in [6, 6.07) is 5.34. The number of sulfonamides is 1. The summed E-state index contributed by atoms with van der Waals surface area (Å²) in [6.45, 7) is 1.01. The molecule has 9 nitrogen and oxygen atoms in total. The Morgan fingerprint density at radius 2 is 2.17 bits per heavy atom. The molecule has 1 fully saturated rings. The first-order valence-electron chi connectivity index (χ1n) is 9.32. The van der Waals surface area contributed by atoms with Gasteiger partial charge in [0.1, 0.15) is 0 Å². The highest BCUT2D eigenvalue weighted by atomic mass is 32.2. The number of nitrogens with one attached hydrogen (secondary N) is 3. The van der Waals surface area contributed by atoms with Gasteiger partial charge >= 0.3 is 6.03 Å². The zero-order valence-electron chi connectivity index (χ0n) is 15.6. The average molecular weight is 436 g/mol. The highest BCUT2D eigenvalue weighted by Crippen LogP contribution is 2.30. The Bertz CT molecular complexity index is 1050. The number of aromatic nitrogens is 1. The molecule has 2 aliphatic rings. The van der Waals surface area contributed by atoms with Gasteiger partial charge in [-0.3, -0.25) is 10.1 Å². The fraction of sp³-hybridized carbons (Fsp3) is 0.389. The fourth-order valence-corrected chi connectivity index (χ4v) is 5.63. The lowest BCUT2D eigenvalue weighted by Gasteiger charge is -2.17. The Labute approximate surface area is 172 Å². The highest BCUT2D eigenvalue weighted by Gasteiger charge is 2.27. The number of carbonyl (C=O) groups is 2. The van der Waals surface area contributed by atoms with E-state index in [9.17, 15) is 18.0 Å².